The third-order valence-corrected chi connectivity index (χ3v) is 8.25. The number of benzene rings is 6. The van der Waals surface area contributed by atoms with Crippen LogP contribution < -0.4 is 18.9 Å². The van der Waals surface area contributed by atoms with Crippen LogP contribution in [0, 0.1) is 0 Å². The largest absolute Gasteiger partial charge is 0.508 e. The first kappa shape index (κ1) is 31.4. The lowest BCUT2D eigenvalue weighted by Crippen LogP contribution is -2.04. The van der Waals surface area contributed by atoms with Crippen LogP contribution in [0.2, 0.25) is 0 Å². The van der Waals surface area contributed by atoms with E-state index >= 15 is 0 Å². The van der Waals surface area contributed by atoms with Crippen LogP contribution in [-0.4, -0.2) is 61.3 Å². The molecule has 0 aromatic heterocycles. The molecular formula is C36H22O16. The Balaban J connectivity index is 1.28. The van der Waals surface area contributed by atoms with E-state index < -0.39 is 103 Å². The summed E-state index contributed by atoms with van der Waals surface area (Å²) in [5.41, 5.74) is -1.70. The van der Waals surface area contributed by atoms with Crippen LogP contribution in [0.1, 0.15) is 0 Å². The number of ether oxygens (including phenoxy) is 4. The van der Waals surface area contributed by atoms with Gasteiger partial charge in [0.05, 0.1) is 22.3 Å². The van der Waals surface area contributed by atoms with E-state index in [9.17, 15) is 61.3 Å². The zero-order chi connectivity index (χ0) is 36.9. The predicted octanol–water partition coefficient (Wildman–Crippen LogP) is 6.95. The smallest absolute Gasteiger partial charge is 0.212 e. The summed E-state index contributed by atoms with van der Waals surface area (Å²) in [5.74, 6) is -10.9. The number of rotatable bonds is 3. The van der Waals surface area contributed by atoms with Gasteiger partial charge in [0.1, 0.15) is 46.0 Å². The molecule has 2 aliphatic heterocycles. The van der Waals surface area contributed by atoms with Gasteiger partial charge in [-0.15, -0.1) is 0 Å². The van der Waals surface area contributed by atoms with Gasteiger partial charge in [-0.25, -0.2) is 0 Å². The molecule has 8 rings (SSSR count). The lowest BCUT2D eigenvalue weighted by molar-refractivity contribution is 0.314. The van der Waals surface area contributed by atoms with Crippen LogP contribution in [-0.2, 0) is 0 Å². The van der Waals surface area contributed by atoms with Gasteiger partial charge in [-0.1, -0.05) is 0 Å². The summed E-state index contributed by atoms with van der Waals surface area (Å²) in [5, 5.41) is 128. The predicted molar refractivity (Wildman–Crippen MR) is 176 cm³/mol. The molecule has 52 heavy (non-hydrogen) atoms. The van der Waals surface area contributed by atoms with Crippen molar-refractivity contribution in [3.05, 3.63) is 60.7 Å². The quantitative estimate of drug-likeness (QED) is 0.0883. The minimum Gasteiger partial charge on any atom is -0.508 e. The first-order valence-corrected chi connectivity index (χ1v) is 14.8. The molecule has 6 aromatic carbocycles. The van der Waals surface area contributed by atoms with Gasteiger partial charge in [0.15, 0.2) is 46.0 Å². The minimum atomic E-state index is -0.943. The summed E-state index contributed by atoms with van der Waals surface area (Å²) in [7, 11) is 0. The van der Waals surface area contributed by atoms with Crippen molar-refractivity contribution in [3.8, 4) is 148 Å². The Morgan fingerprint density at radius 2 is 0.596 bits per heavy atom. The van der Waals surface area contributed by atoms with Gasteiger partial charge in [0, 0.05) is 36.4 Å². The van der Waals surface area contributed by atoms with E-state index in [2.05, 4.69) is 0 Å². The fourth-order valence-electron chi connectivity index (χ4n) is 6.15. The first-order valence-electron chi connectivity index (χ1n) is 14.8. The van der Waals surface area contributed by atoms with Gasteiger partial charge in [0.25, 0.3) is 0 Å². The van der Waals surface area contributed by atoms with Crippen LogP contribution >= 0.6 is 0 Å². The molecule has 0 atom stereocenters. The molecule has 0 radical (unpaired) electrons. The topological polar surface area (TPSA) is 280 Å². The molecule has 16 heteroatoms. The molecule has 6 aromatic rings. The molecule has 16 nitrogen and oxygen atoms in total. The zero-order valence-corrected chi connectivity index (χ0v) is 25.8. The van der Waals surface area contributed by atoms with Gasteiger partial charge in [-0.05, 0) is 35.4 Å². The summed E-state index contributed by atoms with van der Waals surface area (Å²) < 4.78 is 23.3. The van der Waals surface area contributed by atoms with Crippen molar-refractivity contribution in [1.29, 1.82) is 0 Å². The van der Waals surface area contributed by atoms with Crippen LogP contribution in [0.15, 0.2) is 60.7 Å². The Kier molecular flexibility index (Phi) is 6.53. The van der Waals surface area contributed by atoms with E-state index in [1.165, 1.54) is 0 Å². The van der Waals surface area contributed by atoms with Gasteiger partial charge in [-0.2, -0.15) is 0 Å². The number of phenolic OH excluding ortho intramolecular Hbond substituents is 12. The Morgan fingerprint density at radius 3 is 0.942 bits per heavy atom. The molecule has 0 bridgehead atoms. The van der Waals surface area contributed by atoms with Crippen LogP contribution in [0.5, 0.6) is 115 Å². The molecule has 0 fully saturated rings. The summed E-state index contributed by atoms with van der Waals surface area (Å²) >= 11 is 0. The highest BCUT2D eigenvalue weighted by Crippen LogP contribution is 2.65. The fourth-order valence-corrected chi connectivity index (χ4v) is 6.15. The molecule has 0 aliphatic carbocycles. The molecule has 0 unspecified atom stereocenters. The highest BCUT2D eigenvalue weighted by Gasteiger charge is 2.37. The monoisotopic (exact) mass is 710 g/mol. The van der Waals surface area contributed by atoms with Crippen molar-refractivity contribution in [2.75, 3.05) is 0 Å². The molecule has 0 saturated heterocycles. The highest BCUT2D eigenvalue weighted by atomic mass is 16.6. The lowest BCUT2D eigenvalue weighted by Gasteiger charge is -2.27. The summed E-state index contributed by atoms with van der Waals surface area (Å²) in [6, 6.07) is 10.3. The summed E-state index contributed by atoms with van der Waals surface area (Å²) in [6.45, 7) is 0. The van der Waals surface area contributed by atoms with Gasteiger partial charge in [-0.3, -0.25) is 0 Å². The first-order chi connectivity index (χ1) is 24.7. The SMILES string of the molecule is Oc1cc(O)cc(-c2c(O)cc(O)c3c2Oc2c(cc(O)c(-c4c(O)cc5c(c4O)Oc4c(c(O)cc(O)c4-c4cc(O)cc(O)c4)O5)c2O)O3)c1. The molecule has 0 amide bonds. The second kappa shape index (κ2) is 10.8. The van der Waals surface area contributed by atoms with E-state index in [0.29, 0.717) is 0 Å². The zero-order valence-electron chi connectivity index (χ0n) is 25.8. The Morgan fingerprint density at radius 1 is 0.269 bits per heavy atom. The Hall–Kier alpha value is -7.88. The van der Waals surface area contributed by atoms with Gasteiger partial charge in [0.2, 0.25) is 23.0 Å². The average molecular weight is 711 g/mol. The van der Waals surface area contributed by atoms with Crippen molar-refractivity contribution < 1.29 is 80.2 Å². The Bertz CT molecular complexity index is 2340. The average Bonchev–Trinajstić information content (AvgIpc) is 3.04. The summed E-state index contributed by atoms with van der Waals surface area (Å²) in [6.07, 6.45) is 0. The molecule has 262 valence electrons. The molecule has 0 saturated carbocycles. The molecule has 12 N–H and O–H groups in total. The third kappa shape index (κ3) is 4.62. The number of aromatic hydroxyl groups is 12. The van der Waals surface area contributed by atoms with Crippen molar-refractivity contribution in [2.24, 2.45) is 0 Å². The van der Waals surface area contributed by atoms with E-state index in [4.69, 9.17) is 18.9 Å². The second-order valence-electron chi connectivity index (χ2n) is 11.7. The number of hydrogen-bond acceptors (Lipinski definition) is 16. The fraction of sp³-hybridized carbons (Fsp3) is 0. The molecule has 2 aliphatic rings. The van der Waals surface area contributed by atoms with E-state index in [0.717, 1.165) is 60.7 Å². The normalized spacial score (nSPS) is 12.2. The van der Waals surface area contributed by atoms with Crippen LogP contribution in [0.25, 0.3) is 33.4 Å². The summed E-state index contributed by atoms with van der Waals surface area (Å²) in [4.78, 5) is 0. The van der Waals surface area contributed by atoms with E-state index in [1.54, 1.807) is 0 Å². The van der Waals surface area contributed by atoms with Crippen molar-refractivity contribution in [2.45, 2.75) is 0 Å². The van der Waals surface area contributed by atoms with Crippen LogP contribution in [0.4, 0.5) is 0 Å². The lowest BCUT2D eigenvalue weighted by atomic mass is 9.97. The van der Waals surface area contributed by atoms with E-state index in [-0.39, 0.29) is 45.3 Å². The maximum atomic E-state index is 11.5. The molecular weight excluding hydrogens is 688 g/mol. The highest BCUT2D eigenvalue weighted by molar-refractivity contribution is 5.93. The number of phenols is 12. The number of hydrogen-bond donors (Lipinski definition) is 12. The number of fused-ring (bicyclic) bond motifs is 4. The van der Waals surface area contributed by atoms with E-state index in [1.807, 2.05) is 0 Å². The van der Waals surface area contributed by atoms with Crippen molar-refractivity contribution in [1.82, 2.24) is 0 Å². The van der Waals surface area contributed by atoms with Crippen molar-refractivity contribution in [3.63, 3.8) is 0 Å². The third-order valence-electron chi connectivity index (χ3n) is 8.25. The standard InChI is InChI=1S/C36H22O16/c37-13-1-11(2-14(38)5-13)25-17(41)7-21(45)31-35(25)51-33-23(49-31)9-19(43)27(29(33)47)28-20(44)10-24-34(30(28)48)52-36-26(12-3-15(39)6-16(40)4-12)18(42)8-22(46)32(36)50-24/h1-10,37-48H. The maximum absolute atomic E-state index is 11.5. The molecule has 2 heterocycles. The van der Waals surface area contributed by atoms with Gasteiger partial charge >= 0.3 is 0 Å². The molecule has 0 spiro atoms. The van der Waals surface area contributed by atoms with Crippen LogP contribution in [0.3, 0.4) is 0 Å². The second-order valence-corrected chi connectivity index (χ2v) is 11.7. The van der Waals surface area contributed by atoms with Crippen molar-refractivity contribution >= 4 is 0 Å². The Labute approximate surface area is 289 Å². The maximum Gasteiger partial charge on any atom is 0.212 e. The van der Waals surface area contributed by atoms with Gasteiger partial charge < -0.3 is 80.2 Å². The minimum absolute atomic E-state index is 0.00318.